The largest absolute Gasteiger partial charge is 0.492 e. The second kappa shape index (κ2) is 9.01. The van der Waals surface area contributed by atoms with Crippen LogP contribution in [-0.2, 0) is 7.05 Å². The molecule has 2 amide bonds. The molecule has 0 atom stereocenters. The van der Waals surface area contributed by atoms with Gasteiger partial charge in [0.05, 0.1) is 22.1 Å². The molecule has 1 heterocycles. The van der Waals surface area contributed by atoms with Gasteiger partial charge in [-0.3, -0.25) is 4.68 Å². The average molecular weight is 466 g/mol. The van der Waals surface area contributed by atoms with E-state index in [2.05, 4.69) is 31.7 Å². The molecule has 0 radical (unpaired) electrons. The minimum atomic E-state index is -0.870. The molecule has 0 saturated heterocycles. The van der Waals surface area contributed by atoms with E-state index >= 15 is 0 Å². The van der Waals surface area contributed by atoms with Crippen molar-refractivity contribution in [3.05, 3.63) is 58.7 Å². The van der Waals surface area contributed by atoms with Crippen LogP contribution in [0.25, 0.3) is 11.3 Å². The molecule has 4 N–H and O–H groups in total. The molecule has 10 heteroatoms. The van der Waals surface area contributed by atoms with Crippen molar-refractivity contribution in [1.29, 1.82) is 0 Å². The van der Waals surface area contributed by atoms with Crippen molar-refractivity contribution in [2.24, 2.45) is 12.8 Å². The van der Waals surface area contributed by atoms with Gasteiger partial charge in [-0.15, -0.1) is 0 Å². The Kier molecular flexibility index (Phi) is 6.45. The Bertz CT molecular complexity index is 1020. The van der Waals surface area contributed by atoms with Crippen molar-refractivity contribution in [1.82, 2.24) is 9.78 Å². The van der Waals surface area contributed by atoms with Gasteiger partial charge in [0.25, 0.3) is 0 Å². The first-order valence-corrected chi connectivity index (χ1v) is 9.36. The maximum atomic E-state index is 13.7. The number of ether oxygens (including phenoxy) is 1. The van der Waals surface area contributed by atoms with Gasteiger partial charge in [0.1, 0.15) is 24.0 Å². The Hall–Kier alpha value is -2.98. The van der Waals surface area contributed by atoms with Crippen LogP contribution in [-0.4, -0.2) is 29.0 Å². The highest BCUT2D eigenvalue weighted by Crippen LogP contribution is 2.36. The summed E-state index contributed by atoms with van der Waals surface area (Å²) in [6.07, 6.45) is 1.65. The highest BCUT2D eigenvalue weighted by atomic mass is 79.9. The summed E-state index contributed by atoms with van der Waals surface area (Å²) in [5.74, 6) is -1.03. The van der Waals surface area contributed by atoms with E-state index in [1.165, 1.54) is 0 Å². The third kappa shape index (κ3) is 4.90. The first kappa shape index (κ1) is 20.7. The minimum Gasteiger partial charge on any atom is -0.492 e. The molecule has 0 unspecified atom stereocenters. The number of nitrogens with one attached hydrogen (secondary N) is 2. The molecule has 0 fully saturated rings. The minimum absolute atomic E-state index is 0.138. The maximum Gasteiger partial charge on any atom is 0.323 e. The quantitative estimate of drug-likeness (QED) is 0.510. The van der Waals surface area contributed by atoms with Crippen LogP contribution >= 0.6 is 15.9 Å². The second-order valence-electron chi connectivity index (χ2n) is 6.02. The van der Waals surface area contributed by atoms with E-state index in [0.29, 0.717) is 36.2 Å². The van der Waals surface area contributed by atoms with Gasteiger partial charge >= 0.3 is 6.03 Å². The van der Waals surface area contributed by atoms with Crippen molar-refractivity contribution in [3.63, 3.8) is 0 Å². The fourth-order valence-corrected chi connectivity index (χ4v) is 3.24. The van der Waals surface area contributed by atoms with E-state index in [1.807, 2.05) is 0 Å². The number of aryl methyl sites for hydroxylation is 1. The molecule has 1 aromatic heterocycles. The normalized spacial score (nSPS) is 10.7. The summed E-state index contributed by atoms with van der Waals surface area (Å²) in [6, 6.07) is 7.25. The number of benzene rings is 2. The third-order valence-corrected chi connectivity index (χ3v) is 4.52. The Balaban J connectivity index is 1.86. The molecule has 152 valence electrons. The van der Waals surface area contributed by atoms with E-state index in [9.17, 15) is 13.6 Å². The molecule has 0 aliphatic heterocycles. The smallest absolute Gasteiger partial charge is 0.323 e. The van der Waals surface area contributed by atoms with E-state index in [0.717, 1.165) is 22.3 Å². The number of anilines is 2. The summed E-state index contributed by atoms with van der Waals surface area (Å²) in [6.45, 7) is 0.664. The van der Waals surface area contributed by atoms with Gasteiger partial charge < -0.3 is 21.1 Å². The number of nitrogens with two attached hydrogens (primary N) is 1. The summed E-state index contributed by atoms with van der Waals surface area (Å²) < 4.78 is 34.8. The van der Waals surface area contributed by atoms with Crippen LogP contribution in [0.2, 0.25) is 0 Å². The van der Waals surface area contributed by atoms with Crippen LogP contribution in [0.1, 0.15) is 0 Å². The first-order chi connectivity index (χ1) is 13.9. The zero-order valence-corrected chi connectivity index (χ0v) is 17.0. The molecule has 2 aromatic carbocycles. The maximum absolute atomic E-state index is 13.7. The molecular formula is C19H18BrF2N5O2. The summed E-state index contributed by atoms with van der Waals surface area (Å²) in [7, 11) is 1.77. The van der Waals surface area contributed by atoms with Crippen LogP contribution < -0.4 is 21.1 Å². The molecule has 0 saturated carbocycles. The number of rotatable bonds is 6. The topological polar surface area (TPSA) is 94.2 Å². The van der Waals surface area contributed by atoms with E-state index in [4.69, 9.17) is 10.5 Å². The van der Waals surface area contributed by atoms with Crippen molar-refractivity contribution in [2.75, 3.05) is 23.8 Å². The third-order valence-electron chi connectivity index (χ3n) is 3.94. The summed E-state index contributed by atoms with van der Waals surface area (Å²) in [4.78, 5) is 12.3. The standard InChI is InChI=1S/C19H18BrF2N5O2/c1-27-18(14(20)10-24-27)13-9-12(3-5-17(13)29-7-6-23)25-19(28)26-16-4-2-11(21)8-15(16)22/h2-5,8-10H,6-7,23H2,1H3,(H2,25,26,28). The van der Waals surface area contributed by atoms with Gasteiger partial charge in [0.2, 0.25) is 0 Å². The predicted octanol–water partition coefficient (Wildman–Crippen LogP) is 4.11. The molecule has 0 spiro atoms. The van der Waals surface area contributed by atoms with Gasteiger partial charge in [0.15, 0.2) is 0 Å². The molecule has 7 nitrogen and oxygen atoms in total. The Morgan fingerprint density at radius 2 is 2.03 bits per heavy atom. The fraction of sp³-hybridized carbons (Fsp3) is 0.158. The van der Waals surface area contributed by atoms with Crippen molar-refractivity contribution >= 4 is 33.3 Å². The second-order valence-corrected chi connectivity index (χ2v) is 6.87. The molecule has 3 rings (SSSR count). The number of halogens is 3. The molecule has 29 heavy (non-hydrogen) atoms. The van der Waals surface area contributed by atoms with Crippen LogP contribution in [0, 0.1) is 11.6 Å². The fourth-order valence-electron chi connectivity index (χ4n) is 2.68. The zero-order chi connectivity index (χ0) is 21.0. The van der Waals surface area contributed by atoms with Crippen LogP contribution in [0.5, 0.6) is 5.75 Å². The van der Waals surface area contributed by atoms with Gasteiger partial charge in [-0.2, -0.15) is 5.10 Å². The molecule has 0 aliphatic carbocycles. The number of carbonyl (C=O) groups excluding carboxylic acids is 1. The van der Waals surface area contributed by atoms with E-state index in [-0.39, 0.29) is 5.69 Å². The Morgan fingerprint density at radius 3 is 2.69 bits per heavy atom. The summed E-state index contributed by atoms with van der Waals surface area (Å²) in [5, 5.41) is 9.16. The lowest BCUT2D eigenvalue weighted by molar-refractivity contribution is 0.262. The van der Waals surface area contributed by atoms with Crippen LogP contribution in [0.3, 0.4) is 0 Å². The first-order valence-electron chi connectivity index (χ1n) is 8.57. The zero-order valence-electron chi connectivity index (χ0n) is 15.4. The van der Waals surface area contributed by atoms with Crippen LogP contribution in [0.15, 0.2) is 47.1 Å². The summed E-state index contributed by atoms with van der Waals surface area (Å²) >= 11 is 3.45. The lowest BCUT2D eigenvalue weighted by atomic mass is 10.1. The van der Waals surface area contributed by atoms with Gasteiger partial charge in [-0.25, -0.2) is 13.6 Å². The average Bonchev–Trinajstić information content (AvgIpc) is 3.01. The SMILES string of the molecule is Cn1ncc(Br)c1-c1cc(NC(=O)Nc2ccc(F)cc2F)ccc1OCCN. The van der Waals surface area contributed by atoms with E-state index < -0.39 is 17.7 Å². The van der Waals surface area contributed by atoms with Crippen LogP contribution in [0.4, 0.5) is 25.0 Å². The number of carbonyl (C=O) groups is 1. The van der Waals surface area contributed by atoms with Crippen molar-refractivity contribution in [2.45, 2.75) is 0 Å². The lowest BCUT2D eigenvalue weighted by Crippen LogP contribution is -2.20. The predicted molar refractivity (Wildman–Crippen MR) is 110 cm³/mol. The van der Waals surface area contributed by atoms with Crippen molar-refractivity contribution in [3.8, 4) is 17.0 Å². The number of aromatic nitrogens is 2. The Labute approximate surface area is 174 Å². The number of nitrogens with zero attached hydrogens (tertiary/aromatic N) is 2. The van der Waals surface area contributed by atoms with Gasteiger partial charge in [-0.1, -0.05) is 0 Å². The number of amides is 2. The molecular weight excluding hydrogens is 448 g/mol. The molecule has 0 bridgehead atoms. The van der Waals surface area contributed by atoms with Gasteiger partial charge in [0, 0.05) is 30.9 Å². The van der Waals surface area contributed by atoms with Gasteiger partial charge in [-0.05, 0) is 46.3 Å². The Morgan fingerprint density at radius 1 is 1.24 bits per heavy atom. The number of hydrogen-bond donors (Lipinski definition) is 3. The highest BCUT2D eigenvalue weighted by molar-refractivity contribution is 9.10. The summed E-state index contributed by atoms with van der Waals surface area (Å²) in [5.41, 5.74) is 7.24. The molecule has 0 aliphatic rings. The molecule has 3 aromatic rings. The number of hydrogen-bond acceptors (Lipinski definition) is 4. The van der Waals surface area contributed by atoms with E-state index in [1.54, 1.807) is 36.1 Å². The number of urea groups is 1. The monoisotopic (exact) mass is 465 g/mol. The highest BCUT2D eigenvalue weighted by Gasteiger charge is 2.16. The van der Waals surface area contributed by atoms with Crippen molar-refractivity contribution < 1.29 is 18.3 Å². The lowest BCUT2D eigenvalue weighted by Gasteiger charge is -2.15.